The van der Waals surface area contributed by atoms with Crippen molar-refractivity contribution in [1.29, 1.82) is 0 Å². The molecule has 0 saturated carbocycles. The molecule has 0 bridgehead atoms. The Morgan fingerprint density at radius 3 is 1.65 bits per heavy atom. The number of hydrogen-bond acceptors (Lipinski definition) is 5. The molecule has 96 valence electrons. The lowest BCUT2D eigenvalue weighted by molar-refractivity contribution is -0.143. The van der Waals surface area contributed by atoms with E-state index in [4.69, 9.17) is 9.47 Å². The minimum absolute atomic E-state index is 0.124. The van der Waals surface area contributed by atoms with Gasteiger partial charge in [-0.3, -0.25) is 9.59 Å². The molecule has 0 heterocycles. The highest BCUT2D eigenvalue weighted by Crippen LogP contribution is 1.99. The highest BCUT2D eigenvalue weighted by Gasteiger charge is 2.08. The van der Waals surface area contributed by atoms with Crippen LogP contribution in [0.5, 0.6) is 0 Å². The Morgan fingerprint density at radius 2 is 1.35 bits per heavy atom. The van der Waals surface area contributed by atoms with Gasteiger partial charge in [0, 0.05) is 12.8 Å². The zero-order chi connectivity index (χ0) is 13.1. The van der Waals surface area contributed by atoms with Crippen molar-refractivity contribution in [1.82, 2.24) is 0 Å². The zero-order valence-electron chi connectivity index (χ0n) is 10.3. The molecule has 0 fully saturated rings. The summed E-state index contributed by atoms with van der Waals surface area (Å²) in [6.45, 7) is 3.37. The fourth-order valence-corrected chi connectivity index (χ4v) is 0.988. The second kappa shape index (κ2) is 9.60. The van der Waals surface area contributed by atoms with Crippen molar-refractivity contribution >= 4 is 17.9 Å². The molecule has 17 heavy (non-hydrogen) atoms. The van der Waals surface area contributed by atoms with Crippen molar-refractivity contribution in [2.45, 2.75) is 39.5 Å². The molecule has 0 aliphatic rings. The number of carbonyl (C=O) groups excluding carboxylic acids is 3. The molecule has 0 aromatic heterocycles. The smallest absolute Gasteiger partial charge is 0.306 e. The molecule has 0 amide bonds. The number of carbonyl (C=O) groups is 2. The molecule has 0 spiro atoms. The predicted octanol–water partition coefficient (Wildman–Crippen LogP) is 1.43. The van der Waals surface area contributed by atoms with E-state index < -0.39 is 0 Å². The van der Waals surface area contributed by atoms with Gasteiger partial charge in [-0.05, 0) is 12.8 Å². The number of hydrogen-bond donors (Lipinski definition) is 0. The predicted molar refractivity (Wildman–Crippen MR) is 60.9 cm³/mol. The van der Waals surface area contributed by atoms with Crippen molar-refractivity contribution in [2.75, 3.05) is 13.2 Å². The van der Waals surface area contributed by atoms with Gasteiger partial charge in [0.1, 0.15) is 19.2 Å². The van der Waals surface area contributed by atoms with E-state index in [1.54, 1.807) is 5.94 Å². The van der Waals surface area contributed by atoms with Crippen molar-refractivity contribution in [2.24, 2.45) is 0 Å². The number of rotatable bonds is 8. The first kappa shape index (κ1) is 15.4. The van der Waals surface area contributed by atoms with Crippen LogP contribution in [0.1, 0.15) is 39.5 Å². The first-order valence-corrected chi connectivity index (χ1v) is 5.68. The molecule has 0 aliphatic heterocycles. The monoisotopic (exact) mass is 242 g/mol. The Hall–Kier alpha value is -1.61. The summed E-state index contributed by atoms with van der Waals surface area (Å²) in [7, 11) is 0. The van der Waals surface area contributed by atoms with E-state index in [0.29, 0.717) is 25.7 Å². The number of ether oxygens (including phenoxy) is 2. The fraction of sp³-hybridized carbons (Fsp3) is 0.667. The van der Waals surface area contributed by atoms with Crippen LogP contribution in [0.15, 0.2) is 5.57 Å². The molecule has 0 unspecified atom stereocenters. The highest BCUT2D eigenvalue weighted by atomic mass is 16.5. The summed E-state index contributed by atoms with van der Waals surface area (Å²) in [5.74, 6) is 0.859. The molecule has 0 rings (SSSR count). The molecule has 0 atom stereocenters. The van der Waals surface area contributed by atoms with Crippen LogP contribution >= 0.6 is 0 Å². The standard InChI is InChI=1S/C12H18O5/c1-3-5-11(14)16-8-10(7-13)9-17-12(15)6-4-2/h3-6,8-9H2,1-2H3. The van der Waals surface area contributed by atoms with Crippen LogP contribution < -0.4 is 0 Å². The van der Waals surface area contributed by atoms with Crippen molar-refractivity contribution in [3.63, 3.8) is 0 Å². The van der Waals surface area contributed by atoms with E-state index in [1.165, 1.54) is 0 Å². The van der Waals surface area contributed by atoms with Crippen LogP contribution in [0.2, 0.25) is 0 Å². The average molecular weight is 242 g/mol. The van der Waals surface area contributed by atoms with E-state index in [-0.39, 0.29) is 30.7 Å². The van der Waals surface area contributed by atoms with Gasteiger partial charge in [0.2, 0.25) is 0 Å². The SMILES string of the molecule is CCCC(=O)OCC(=C=O)COC(=O)CCC. The van der Waals surface area contributed by atoms with Gasteiger partial charge in [-0.25, -0.2) is 4.79 Å². The largest absolute Gasteiger partial charge is 0.460 e. The summed E-state index contributed by atoms with van der Waals surface area (Å²) in [5.41, 5.74) is 0.124. The first-order valence-electron chi connectivity index (χ1n) is 5.68. The Bertz CT molecular complexity index is 278. The topological polar surface area (TPSA) is 69.7 Å². The van der Waals surface area contributed by atoms with E-state index in [9.17, 15) is 14.4 Å². The average Bonchev–Trinajstić information content (AvgIpc) is 2.30. The third kappa shape index (κ3) is 8.22. The van der Waals surface area contributed by atoms with Gasteiger partial charge < -0.3 is 9.47 Å². The third-order valence-electron chi connectivity index (χ3n) is 1.87. The molecular weight excluding hydrogens is 224 g/mol. The van der Waals surface area contributed by atoms with Crippen LogP contribution in [0.4, 0.5) is 0 Å². The lowest BCUT2D eigenvalue weighted by atomic mass is 10.3. The lowest BCUT2D eigenvalue weighted by Gasteiger charge is -2.06. The van der Waals surface area contributed by atoms with Gasteiger partial charge in [-0.15, -0.1) is 0 Å². The van der Waals surface area contributed by atoms with Gasteiger partial charge in [-0.2, -0.15) is 0 Å². The quantitative estimate of drug-likeness (QED) is 0.475. The minimum Gasteiger partial charge on any atom is -0.460 e. The molecule has 5 heteroatoms. The van der Waals surface area contributed by atoms with Gasteiger partial charge in [-0.1, -0.05) is 13.8 Å². The van der Waals surface area contributed by atoms with Crippen LogP contribution in [0, 0.1) is 0 Å². The first-order chi connectivity index (χ1) is 8.13. The summed E-state index contributed by atoms with van der Waals surface area (Å²) in [5, 5.41) is 0. The molecule has 0 radical (unpaired) electrons. The lowest BCUT2D eigenvalue weighted by Crippen LogP contribution is -2.13. The van der Waals surface area contributed by atoms with Crippen molar-refractivity contribution in [3.05, 3.63) is 5.57 Å². The highest BCUT2D eigenvalue weighted by molar-refractivity contribution is 5.71. The second-order valence-electron chi connectivity index (χ2n) is 3.53. The summed E-state index contributed by atoms with van der Waals surface area (Å²) >= 11 is 0. The molecule has 0 aliphatic carbocycles. The van der Waals surface area contributed by atoms with Gasteiger partial charge in [0.15, 0.2) is 0 Å². The summed E-state index contributed by atoms with van der Waals surface area (Å²) in [4.78, 5) is 32.6. The zero-order valence-corrected chi connectivity index (χ0v) is 10.3. The Morgan fingerprint density at radius 1 is 0.941 bits per heavy atom. The van der Waals surface area contributed by atoms with Crippen molar-refractivity contribution < 1.29 is 23.9 Å². The summed E-state index contributed by atoms with van der Waals surface area (Å²) in [6, 6.07) is 0. The molecular formula is C12H18O5. The van der Waals surface area contributed by atoms with Crippen LogP contribution in [-0.2, 0) is 23.9 Å². The molecule has 0 N–H and O–H groups in total. The third-order valence-corrected chi connectivity index (χ3v) is 1.87. The van der Waals surface area contributed by atoms with Gasteiger partial charge >= 0.3 is 11.9 Å². The van der Waals surface area contributed by atoms with E-state index in [0.717, 1.165) is 0 Å². The molecule has 5 nitrogen and oxygen atoms in total. The molecule has 0 aromatic carbocycles. The van der Waals surface area contributed by atoms with Crippen molar-refractivity contribution in [3.8, 4) is 0 Å². The van der Waals surface area contributed by atoms with E-state index in [2.05, 4.69) is 0 Å². The van der Waals surface area contributed by atoms with Crippen LogP contribution in [0.25, 0.3) is 0 Å². The second-order valence-corrected chi connectivity index (χ2v) is 3.53. The Balaban J connectivity index is 3.90. The normalized spacial score (nSPS) is 9.29. The maximum Gasteiger partial charge on any atom is 0.306 e. The minimum atomic E-state index is -0.375. The van der Waals surface area contributed by atoms with E-state index in [1.807, 2.05) is 13.8 Å². The maximum absolute atomic E-state index is 11.0. The van der Waals surface area contributed by atoms with E-state index >= 15 is 0 Å². The van der Waals surface area contributed by atoms with Crippen LogP contribution in [0.3, 0.4) is 0 Å². The Kier molecular flexibility index (Phi) is 8.69. The molecule has 0 saturated heterocycles. The van der Waals surface area contributed by atoms with Gasteiger partial charge in [0.25, 0.3) is 0 Å². The fourth-order valence-electron chi connectivity index (χ4n) is 0.988. The summed E-state index contributed by atoms with van der Waals surface area (Å²) in [6.07, 6.45) is 1.98. The van der Waals surface area contributed by atoms with Crippen LogP contribution in [-0.4, -0.2) is 31.1 Å². The molecule has 0 aromatic rings. The van der Waals surface area contributed by atoms with Gasteiger partial charge in [0.05, 0.1) is 5.57 Å². The number of esters is 2. The summed E-state index contributed by atoms with van der Waals surface area (Å²) < 4.78 is 9.60. The maximum atomic E-state index is 11.0. The Labute approximate surface area is 101 Å².